The van der Waals surface area contributed by atoms with Crippen LogP contribution in [0.15, 0.2) is 11.2 Å². The summed E-state index contributed by atoms with van der Waals surface area (Å²) < 4.78 is 0. The van der Waals surface area contributed by atoms with Crippen molar-refractivity contribution in [2.24, 2.45) is 10.9 Å². The molecule has 1 fully saturated rings. The molecule has 0 saturated heterocycles. The summed E-state index contributed by atoms with van der Waals surface area (Å²) in [6.07, 6.45) is 5.91. The van der Waals surface area contributed by atoms with Crippen molar-refractivity contribution in [2.45, 2.75) is 26.2 Å². The van der Waals surface area contributed by atoms with Gasteiger partial charge in [0.05, 0.1) is 0 Å². The van der Waals surface area contributed by atoms with Crippen LogP contribution in [0.4, 0.5) is 5.82 Å². The zero-order valence-electron chi connectivity index (χ0n) is 8.80. The number of hydrogen-bond acceptors (Lipinski definition) is 2. The minimum atomic E-state index is 0.753. The van der Waals surface area contributed by atoms with Gasteiger partial charge in [-0.1, -0.05) is 0 Å². The van der Waals surface area contributed by atoms with Gasteiger partial charge >= 0.3 is 0 Å². The first-order valence-corrected chi connectivity index (χ1v) is 5.12. The number of aromatic nitrogens is 1. The van der Waals surface area contributed by atoms with E-state index in [9.17, 15) is 0 Å². The van der Waals surface area contributed by atoms with E-state index in [0.717, 1.165) is 29.4 Å². The van der Waals surface area contributed by atoms with E-state index in [4.69, 9.17) is 5.73 Å². The summed E-state index contributed by atoms with van der Waals surface area (Å²) in [6.45, 7) is 2.01. The van der Waals surface area contributed by atoms with Crippen LogP contribution in [0.2, 0.25) is 0 Å². The van der Waals surface area contributed by atoms with Crippen molar-refractivity contribution >= 4 is 11.5 Å². The van der Waals surface area contributed by atoms with E-state index in [-0.39, 0.29) is 0 Å². The minimum Gasteiger partial charge on any atom is -0.385 e. The van der Waals surface area contributed by atoms with Crippen molar-refractivity contribution in [1.82, 2.24) is 4.98 Å². The van der Waals surface area contributed by atoms with Gasteiger partial charge < -0.3 is 10.7 Å². The normalized spacial score (nSPS) is 17.4. The fourth-order valence-electron chi connectivity index (χ4n) is 1.82. The molecule has 0 aliphatic heterocycles. The topological polar surface area (TPSA) is 54.2 Å². The number of H-pyrrole nitrogens is 1. The molecule has 0 spiro atoms. The number of aromatic amines is 1. The number of nitrogens with one attached hydrogen (secondary N) is 1. The Morgan fingerprint density at radius 3 is 2.93 bits per heavy atom. The van der Waals surface area contributed by atoms with Crippen LogP contribution in [-0.2, 0) is 6.42 Å². The van der Waals surface area contributed by atoms with Gasteiger partial charge in [0.25, 0.3) is 0 Å². The molecule has 3 N–H and O–H groups in total. The molecule has 1 saturated carbocycles. The molecule has 3 heteroatoms. The highest BCUT2D eigenvalue weighted by Gasteiger charge is 2.24. The standard InChI is InChI=1S/C11H17N3/c1-7(13-2)10-9(5-8-3-4-8)6-14-11(10)12/h6,8,14H,3-5,12H2,1-2H3. The Hall–Kier alpha value is -1.25. The number of nitrogens with two attached hydrogens (primary N) is 1. The average molecular weight is 191 g/mol. The molecular weight excluding hydrogens is 174 g/mol. The predicted octanol–water partition coefficient (Wildman–Crippen LogP) is 1.99. The van der Waals surface area contributed by atoms with Crippen LogP contribution in [0.5, 0.6) is 0 Å². The predicted molar refractivity (Wildman–Crippen MR) is 59.8 cm³/mol. The van der Waals surface area contributed by atoms with Crippen LogP contribution in [0.3, 0.4) is 0 Å². The van der Waals surface area contributed by atoms with E-state index in [2.05, 4.69) is 9.98 Å². The summed E-state index contributed by atoms with van der Waals surface area (Å²) in [5.41, 5.74) is 9.36. The number of hydrogen-bond donors (Lipinski definition) is 2. The summed E-state index contributed by atoms with van der Waals surface area (Å²) in [5, 5.41) is 0. The van der Waals surface area contributed by atoms with E-state index < -0.39 is 0 Å². The van der Waals surface area contributed by atoms with Gasteiger partial charge in [0.1, 0.15) is 5.82 Å². The molecule has 1 aliphatic carbocycles. The smallest absolute Gasteiger partial charge is 0.110 e. The summed E-state index contributed by atoms with van der Waals surface area (Å²) in [4.78, 5) is 7.28. The van der Waals surface area contributed by atoms with Crippen molar-refractivity contribution in [3.63, 3.8) is 0 Å². The Kier molecular flexibility index (Phi) is 2.32. The fraction of sp³-hybridized carbons (Fsp3) is 0.545. The summed E-state index contributed by atoms with van der Waals surface area (Å²) in [7, 11) is 1.81. The van der Waals surface area contributed by atoms with Crippen LogP contribution in [0.25, 0.3) is 0 Å². The molecule has 1 aliphatic rings. The first-order chi connectivity index (χ1) is 6.72. The van der Waals surface area contributed by atoms with Crippen molar-refractivity contribution < 1.29 is 0 Å². The van der Waals surface area contributed by atoms with Crippen molar-refractivity contribution in [3.05, 3.63) is 17.3 Å². The van der Waals surface area contributed by atoms with Gasteiger partial charge in [-0.15, -0.1) is 0 Å². The molecule has 0 amide bonds. The maximum absolute atomic E-state index is 5.88. The lowest BCUT2D eigenvalue weighted by molar-refractivity contribution is 0.832. The number of rotatable bonds is 3. The monoisotopic (exact) mass is 191 g/mol. The first-order valence-electron chi connectivity index (χ1n) is 5.12. The number of aliphatic imine (C=N–C) groups is 1. The second-order valence-electron chi connectivity index (χ2n) is 4.06. The second-order valence-corrected chi connectivity index (χ2v) is 4.06. The molecule has 0 radical (unpaired) electrons. The van der Waals surface area contributed by atoms with Crippen LogP contribution in [-0.4, -0.2) is 17.7 Å². The highest BCUT2D eigenvalue weighted by Crippen LogP contribution is 2.34. The number of anilines is 1. The molecule has 2 rings (SSSR count). The quantitative estimate of drug-likeness (QED) is 0.705. The molecule has 76 valence electrons. The molecule has 0 atom stereocenters. The Morgan fingerprint density at radius 2 is 2.36 bits per heavy atom. The summed E-state index contributed by atoms with van der Waals surface area (Å²) in [6, 6.07) is 0. The fourth-order valence-corrected chi connectivity index (χ4v) is 1.82. The van der Waals surface area contributed by atoms with Crippen LogP contribution < -0.4 is 5.73 Å². The third-order valence-corrected chi connectivity index (χ3v) is 2.90. The first kappa shape index (κ1) is 9.31. The van der Waals surface area contributed by atoms with Gasteiger partial charge in [-0.25, -0.2) is 0 Å². The third kappa shape index (κ3) is 1.67. The lowest BCUT2D eigenvalue weighted by Gasteiger charge is -2.03. The molecule has 1 heterocycles. The van der Waals surface area contributed by atoms with Crippen molar-refractivity contribution in [1.29, 1.82) is 0 Å². The van der Waals surface area contributed by atoms with Crippen LogP contribution in [0, 0.1) is 5.92 Å². The molecule has 3 nitrogen and oxygen atoms in total. The molecule has 1 aromatic heterocycles. The van der Waals surface area contributed by atoms with E-state index >= 15 is 0 Å². The molecule has 14 heavy (non-hydrogen) atoms. The number of nitrogen functional groups attached to an aromatic ring is 1. The molecule has 0 bridgehead atoms. The Morgan fingerprint density at radius 1 is 1.64 bits per heavy atom. The van der Waals surface area contributed by atoms with Crippen LogP contribution >= 0.6 is 0 Å². The van der Waals surface area contributed by atoms with Crippen molar-refractivity contribution in [3.8, 4) is 0 Å². The maximum Gasteiger partial charge on any atom is 0.110 e. The van der Waals surface area contributed by atoms with E-state index in [1.54, 1.807) is 0 Å². The molecular formula is C11H17N3. The van der Waals surface area contributed by atoms with E-state index in [1.807, 2.05) is 20.2 Å². The Bertz CT molecular complexity index is 359. The van der Waals surface area contributed by atoms with E-state index in [1.165, 1.54) is 18.4 Å². The largest absolute Gasteiger partial charge is 0.385 e. The van der Waals surface area contributed by atoms with Gasteiger partial charge in [-0.2, -0.15) is 0 Å². The Labute approximate surface area is 84.4 Å². The van der Waals surface area contributed by atoms with Gasteiger partial charge in [0, 0.05) is 24.5 Å². The highest BCUT2D eigenvalue weighted by molar-refractivity contribution is 6.03. The number of nitrogens with zero attached hydrogens (tertiary/aromatic N) is 1. The average Bonchev–Trinajstić information content (AvgIpc) is 2.90. The lowest BCUT2D eigenvalue weighted by atomic mass is 10.0. The molecule has 0 aromatic carbocycles. The van der Waals surface area contributed by atoms with Crippen LogP contribution in [0.1, 0.15) is 30.9 Å². The van der Waals surface area contributed by atoms with Crippen molar-refractivity contribution in [2.75, 3.05) is 12.8 Å². The summed E-state index contributed by atoms with van der Waals surface area (Å²) in [5.74, 6) is 1.64. The van der Waals surface area contributed by atoms with Gasteiger partial charge in [0.2, 0.25) is 0 Å². The lowest BCUT2D eigenvalue weighted by Crippen LogP contribution is -2.02. The highest BCUT2D eigenvalue weighted by atomic mass is 14.9. The zero-order chi connectivity index (χ0) is 10.1. The molecule has 1 aromatic rings. The zero-order valence-corrected chi connectivity index (χ0v) is 8.80. The van der Waals surface area contributed by atoms with Gasteiger partial charge in [-0.3, -0.25) is 4.99 Å². The third-order valence-electron chi connectivity index (χ3n) is 2.90. The molecule has 0 unspecified atom stereocenters. The minimum absolute atomic E-state index is 0.753. The second kappa shape index (κ2) is 3.48. The Balaban J connectivity index is 2.29. The van der Waals surface area contributed by atoms with Gasteiger partial charge in [-0.05, 0) is 37.7 Å². The maximum atomic E-state index is 5.88. The van der Waals surface area contributed by atoms with Gasteiger partial charge in [0.15, 0.2) is 0 Å². The SMILES string of the molecule is CN=C(C)c1c(CC2CC2)c[nH]c1N. The summed E-state index contributed by atoms with van der Waals surface area (Å²) >= 11 is 0. The van der Waals surface area contributed by atoms with E-state index in [0.29, 0.717) is 0 Å².